The molecule has 0 bridgehead atoms. The van der Waals surface area contributed by atoms with Crippen LogP contribution in [0.1, 0.15) is 11.1 Å². The highest BCUT2D eigenvalue weighted by Gasteiger charge is 2.14. The molecule has 2 N–H and O–H groups in total. The summed E-state index contributed by atoms with van der Waals surface area (Å²) in [5.74, 6) is 0.501. The van der Waals surface area contributed by atoms with Crippen molar-refractivity contribution in [3.63, 3.8) is 0 Å². The third kappa shape index (κ3) is 3.39. The van der Waals surface area contributed by atoms with E-state index in [0.717, 1.165) is 5.56 Å². The van der Waals surface area contributed by atoms with Crippen molar-refractivity contribution in [1.29, 1.82) is 0 Å². The Labute approximate surface area is 163 Å². The number of hydrogen-bond acceptors (Lipinski definition) is 6. The number of nitrogens with one attached hydrogen (secondary N) is 1. The average Bonchev–Trinajstić information content (AvgIpc) is 3.13. The monoisotopic (exact) mass is 399 g/mol. The number of hydrogen-bond donors (Lipinski definition) is 2. The van der Waals surface area contributed by atoms with Crippen LogP contribution in [0, 0.1) is 10.6 Å². The zero-order valence-corrected chi connectivity index (χ0v) is 15.2. The Morgan fingerprint density at radius 1 is 1.21 bits per heavy atom. The van der Waals surface area contributed by atoms with Crippen LogP contribution in [0.15, 0.2) is 52.3 Å². The molecular weight excluding hydrogens is 385 g/mol. The van der Waals surface area contributed by atoms with Crippen molar-refractivity contribution in [1.82, 2.24) is 9.55 Å². The summed E-state index contributed by atoms with van der Waals surface area (Å²) in [6.45, 7) is 0.448. The standard InChI is InChI=1S/C19H14FN3O4S/c20-12-2-4-13(5-3-12)23-18(25)14(17(24)22-19(23)28)9-21-8-11-1-6-15-16(7-11)27-10-26-15/h1-7,9,25H,8,10H2,(H,22,24,28). The molecule has 0 spiro atoms. The van der Waals surface area contributed by atoms with Gasteiger partial charge in [0.1, 0.15) is 11.4 Å². The van der Waals surface area contributed by atoms with Gasteiger partial charge in [0.2, 0.25) is 12.7 Å². The van der Waals surface area contributed by atoms with Crippen molar-refractivity contribution in [2.75, 3.05) is 6.79 Å². The van der Waals surface area contributed by atoms with Gasteiger partial charge in [-0.15, -0.1) is 0 Å². The Hall–Kier alpha value is -3.46. The summed E-state index contributed by atoms with van der Waals surface area (Å²) in [7, 11) is 0. The number of fused-ring (bicyclic) bond motifs is 1. The maximum Gasteiger partial charge on any atom is 0.264 e. The molecule has 0 radical (unpaired) electrons. The van der Waals surface area contributed by atoms with E-state index in [2.05, 4.69) is 9.98 Å². The lowest BCUT2D eigenvalue weighted by Crippen LogP contribution is -2.18. The van der Waals surface area contributed by atoms with E-state index in [4.69, 9.17) is 21.7 Å². The van der Waals surface area contributed by atoms with Crippen LogP contribution in [0.3, 0.4) is 0 Å². The smallest absolute Gasteiger partial charge is 0.264 e. The van der Waals surface area contributed by atoms with Gasteiger partial charge in [-0.3, -0.25) is 19.3 Å². The zero-order chi connectivity index (χ0) is 19.7. The van der Waals surface area contributed by atoms with Crippen LogP contribution in [0.2, 0.25) is 0 Å². The molecule has 4 rings (SSSR count). The first kappa shape index (κ1) is 17.9. The molecule has 0 saturated heterocycles. The molecule has 0 atom stereocenters. The minimum absolute atomic E-state index is 0.0120. The highest BCUT2D eigenvalue weighted by molar-refractivity contribution is 7.71. The molecule has 1 aliphatic heterocycles. The highest BCUT2D eigenvalue weighted by Crippen LogP contribution is 2.32. The normalized spacial score (nSPS) is 12.6. The number of aromatic nitrogens is 2. The summed E-state index contributed by atoms with van der Waals surface area (Å²) in [6, 6.07) is 10.8. The lowest BCUT2D eigenvalue weighted by Gasteiger charge is -2.11. The maximum absolute atomic E-state index is 13.2. The van der Waals surface area contributed by atoms with Crippen molar-refractivity contribution in [3.05, 3.63) is 74.5 Å². The first-order valence-corrected chi connectivity index (χ1v) is 8.66. The summed E-state index contributed by atoms with van der Waals surface area (Å²) in [5, 5.41) is 10.6. The fourth-order valence-electron chi connectivity index (χ4n) is 2.77. The molecule has 142 valence electrons. The van der Waals surface area contributed by atoms with Crippen LogP contribution in [0.5, 0.6) is 17.4 Å². The van der Waals surface area contributed by atoms with Gasteiger partial charge >= 0.3 is 0 Å². The van der Waals surface area contributed by atoms with Gasteiger partial charge in [0.15, 0.2) is 16.3 Å². The number of H-pyrrole nitrogens is 1. The van der Waals surface area contributed by atoms with Crippen LogP contribution in [0.4, 0.5) is 4.39 Å². The van der Waals surface area contributed by atoms with E-state index in [1.807, 2.05) is 6.07 Å². The molecule has 9 heteroatoms. The molecule has 0 aliphatic carbocycles. The SMILES string of the molecule is O=c1[nH]c(=S)n(-c2ccc(F)cc2)c(O)c1C=NCc1ccc2c(c1)OCO2. The number of aliphatic imine (C=N–C) groups is 1. The van der Waals surface area contributed by atoms with Crippen LogP contribution in [-0.2, 0) is 6.54 Å². The molecule has 0 fully saturated rings. The Morgan fingerprint density at radius 3 is 2.75 bits per heavy atom. The third-order valence-corrected chi connectivity index (χ3v) is 4.42. The minimum atomic E-state index is -0.574. The Morgan fingerprint density at radius 2 is 1.96 bits per heavy atom. The highest BCUT2D eigenvalue weighted by atomic mass is 32.1. The van der Waals surface area contributed by atoms with E-state index in [1.54, 1.807) is 12.1 Å². The minimum Gasteiger partial charge on any atom is -0.494 e. The molecule has 0 unspecified atom stereocenters. The fourth-order valence-corrected chi connectivity index (χ4v) is 3.05. The molecular formula is C19H14FN3O4S. The third-order valence-electron chi connectivity index (χ3n) is 4.14. The zero-order valence-electron chi connectivity index (χ0n) is 14.4. The lowest BCUT2D eigenvalue weighted by atomic mass is 10.2. The van der Waals surface area contributed by atoms with E-state index in [-0.39, 0.29) is 29.6 Å². The van der Waals surface area contributed by atoms with Gasteiger partial charge < -0.3 is 14.6 Å². The fraction of sp³-hybridized carbons (Fsp3) is 0.105. The van der Waals surface area contributed by atoms with E-state index in [0.29, 0.717) is 17.2 Å². The van der Waals surface area contributed by atoms with Gasteiger partial charge in [0, 0.05) is 6.21 Å². The predicted octanol–water partition coefficient (Wildman–Crippen LogP) is 3.09. The van der Waals surface area contributed by atoms with E-state index in [9.17, 15) is 14.3 Å². The summed E-state index contributed by atoms with van der Waals surface area (Å²) < 4.78 is 25.0. The topological polar surface area (TPSA) is 88.8 Å². The van der Waals surface area contributed by atoms with Crippen molar-refractivity contribution >= 4 is 18.4 Å². The maximum atomic E-state index is 13.2. The summed E-state index contributed by atoms with van der Waals surface area (Å²) in [4.78, 5) is 18.9. The Bertz CT molecular complexity index is 1190. The van der Waals surface area contributed by atoms with Crippen LogP contribution in [-0.4, -0.2) is 27.7 Å². The lowest BCUT2D eigenvalue weighted by molar-refractivity contribution is 0.174. The van der Waals surface area contributed by atoms with Crippen molar-refractivity contribution in [3.8, 4) is 23.1 Å². The largest absolute Gasteiger partial charge is 0.494 e. The van der Waals surface area contributed by atoms with E-state index in [1.165, 1.54) is 35.0 Å². The first-order valence-electron chi connectivity index (χ1n) is 8.25. The second kappa shape index (κ2) is 7.28. The van der Waals surface area contributed by atoms with Crippen LogP contribution in [0.25, 0.3) is 5.69 Å². The summed E-state index contributed by atoms with van der Waals surface area (Å²) in [5.41, 5.74) is 0.627. The second-order valence-corrected chi connectivity index (χ2v) is 6.35. The molecule has 2 heterocycles. The van der Waals surface area contributed by atoms with Crippen molar-refractivity contribution in [2.45, 2.75) is 6.54 Å². The summed E-state index contributed by atoms with van der Waals surface area (Å²) >= 11 is 5.12. The first-order chi connectivity index (χ1) is 13.5. The quantitative estimate of drug-likeness (QED) is 0.520. The summed E-state index contributed by atoms with van der Waals surface area (Å²) in [6.07, 6.45) is 1.27. The molecule has 3 aromatic rings. The number of aromatic hydroxyl groups is 1. The number of benzene rings is 2. The number of aromatic amines is 1. The van der Waals surface area contributed by atoms with Crippen molar-refractivity contribution in [2.24, 2.45) is 4.99 Å². The molecule has 1 aliphatic rings. The Kier molecular flexibility index (Phi) is 4.66. The number of halogens is 1. The molecule has 0 amide bonds. The molecule has 0 saturated carbocycles. The van der Waals surface area contributed by atoms with E-state index >= 15 is 0 Å². The van der Waals surface area contributed by atoms with E-state index < -0.39 is 11.4 Å². The molecule has 7 nitrogen and oxygen atoms in total. The van der Waals surface area contributed by atoms with Crippen molar-refractivity contribution < 1.29 is 19.0 Å². The number of ether oxygens (including phenoxy) is 2. The number of rotatable bonds is 4. The molecule has 2 aromatic carbocycles. The van der Waals surface area contributed by atoms with Gasteiger partial charge in [0.25, 0.3) is 5.56 Å². The van der Waals surface area contributed by atoms with Gasteiger partial charge in [-0.2, -0.15) is 0 Å². The molecule has 1 aromatic heterocycles. The van der Waals surface area contributed by atoms with Crippen LogP contribution >= 0.6 is 12.2 Å². The predicted molar refractivity (Wildman–Crippen MR) is 103 cm³/mol. The van der Waals surface area contributed by atoms with Gasteiger partial charge in [-0.1, -0.05) is 6.07 Å². The average molecular weight is 399 g/mol. The van der Waals surface area contributed by atoms with Gasteiger partial charge in [-0.05, 0) is 54.2 Å². The van der Waals surface area contributed by atoms with Gasteiger partial charge in [-0.25, -0.2) is 4.39 Å². The molecule has 28 heavy (non-hydrogen) atoms. The van der Waals surface area contributed by atoms with Gasteiger partial charge in [0.05, 0.1) is 12.2 Å². The van der Waals surface area contributed by atoms with Crippen LogP contribution < -0.4 is 15.0 Å². The number of nitrogens with zero attached hydrogens (tertiary/aromatic N) is 2. The second-order valence-electron chi connectivity index (χ2n) is 5.97. The Balaban J connectivity index is 1.65.